The Morgan fingerprint density at radius 2 is 2.00 bits per heavy atom. The highest BCUT2D eigenvalue weighted by atomic mass is 16.5. The maximum Gasteiger partial charge on any atom is 0.317 e. The van der Waals surface area contributed by atoms with Gasteiger partial charge in [0, 0.05) is 13.1 Å². The molecule has 2 amide bonds. The fraction of sp³-hybridized carbons (Fsp3) is 0.867. The number of hydrogen-bond donors (Lipinski definition) is 2. The second-order valence-corrected chi connectivity index (χ2v) is 6.46. The third-order valence-electron chi connectivity index (χ3n) is 4.71. The van der Waals surface area contributed by atoms with Crippen molar-refractivity contribution in [2.24, 2.45) is 17.8 Å². The van der Waals surface area contributed by atoms with Gasteiger partial charge >= 0.3 is 12.0 Å². The zero-order chi connectivity index (χ0) is 15.4. The highest BCUT2D eigenvalue weighted by molar-refractivity contribution is 5.77. The van der Waals surface area contributed by atoms with Gasteiger partial charge in [0.25, 0.3) is 0 Å². The minimum absolute atomic E-state index is 0.152. The van der Waals surface area contributed by atoms with Crippen LogP contribution in [0.15, 0.2) is 0 Å². The highest BCUT2D eigenvalue weighted by Gasteiger charge is 2.36. The molecule has 2 rings (SSSR count). The van der Waals surface area contributed by atoms with Crippen LogP contribution < -0.4 is 5.32 Å². The van der Waals surface area contributed by atoms with Crippen LogP contribution in [0.4, 0.5) is 4.79 Å². The summed E-state index contributed by atoms with van der Waals surface area (Å²) in [5.41, 5.74) is 0. The molecule has 0 saturated carbocycles. The lowest BCUT2D eigenvalue weighted by Crippen LogP contribution is -2.49. The zero-order valence-corrected chi connectivity index (χ0v) is 12.9. The molecular formula is C15H26N2O4. The van der Waals surface area contributed by atoms with E-state index in [9.17, 15) is 9.59 Å². The van der Waals surface area contributed by atoms with Gasteiger partial charge in [0.2, 0.25) is 0 Å². The number of carbonyl (C=O) groups is 2. The van der Waals surface area contributed by atoms with Gasteiger partial charge in [-0.2, -0.15) is 0 Å². The summed E-state index contributed by atoms with van der Waals surface area (Å²) in [4.78, 5) is 25.2. The molecule has 0 radical (unpaired) electrons. The summed E-state index contributed by atoms with van der Waals surface area (Å²) in [6, 6.07) is -0.569. The molecule has 3 atom stereocenters. The molecule has 2 N–H and O–H groups in total. The monoisotopic (exact) mass is 298 g/mol. The van der Waals surface area contributed by atoms with E-state index in [2.05, 4.69) is 19.2 Å². The van der Waals surface area contributed by atoms with Crippen LogP contribution in [-0.4, -0.2) is 54.4 Å². The Morgan fingerprint density at radius 3 is 2.67 bits per heavy atom. The summed E-state index contributed by atoms with van der Waals surface area (Å²) in [6.07, 6.45) is 3.19. The van der Waals surface area contributed by atoms with Crippen LogP contribution in [0.25, 0.3) is 0 Å². The highest BCUT2D eigenvalue weighted by Crippen LogP contribution is 2.24. The number of amides is 2. The van der Waals surface area contributed by atoms with Gasteiger partial charge in [-0.3, -0.25) is 4.79 Å². The van der Waals surface area contributed by atoms with Gasteiger partial charge in [-0.05, 0) is 31.1 Å². The topological polar surface area (TPSA) is 78.9 Å². The molecule has 2 aliphatic heterocycles. The molecule has 6 nitrogen and oxygen atoms in total. The number of hydrogen-bond acceptors (Lipinski definition) is 3. The number of carboxylic acid groups (broad SMARTS) is 1. The number of likely N-dealkylation sites (tertiary alicyclic amines) is 1. The van der Waals surface area contributed by atoms with Crippen LogP contribution in [-0.2, 0) is 9.53 Å². The molecule has 3 unspecified atom stereocenters. The van der Waals surface area contributed by atoms with E-state index in [0.717, 1.165) is 32.4 Å². The smallest absolute Gasteiger partial charge is 0.317 e. The van der Waals surface area contributed by atoms with Crippen molar-refractivity contribution in [3.63, 3.8) is 0 Å². The lowest BCUT2D eigenvalue weighted by atomic mass is 9.89. The van der Waals surface area contributed by atoms with E-state index in [-0.39, 0.29) is 19.2 Å². The number of rotatable bonds is 3. The van der Waals surface area contributed by atoms with E-state index in [1.54, 1.807) is 0 Å². The van der Waals surface area contributed by atoms with Crippen LogP contribution in [0.5, 0.6) is 0 Å². The maximum absolute atomic E-state index is 12.3. The Labute approximate surface area is 125 Å². The average molecular weight is 298 g/mol. The van der Waals surface area contributed by atoms with Gasteiger partial charge in [0.15, 0.2) is 0 Å². The van der Waals surface area contributed by atoms with E-state index in [4.69, 9.17) is 9.84 Å². The lowest BCUT2D eigenvalue weighted by Gasteiger charge is -2.25. The first-order valence-corrected chi connectivity index (χ1v) is 7.85. The molecule has 0 aromatic rings. The predicted octanol–water partition coefficient (Wildman–Crippen LogP) is 1.55. The first kappa shape index (κ1) is 16.1. The van der Waals surface area contributed by atoms with E-state index in [1.807, 2.05) is 4.90 Å². The summed E-state index contributed by atoms with van der Waals surface area (Å²) < 4.78 is 5.18. The van der Waals surface area contributed by atoms with Crippen molar-refractivity contribution in [2.45, 2.75) is 39.2 Å². The normalized spacial score (nSPS) is 30.2. The van der Waals surface area contributed by atoms with Crippen molar-refractivity contribution in [1.29, 1.82) is 0 Å². The third-order valence-corrected chi connectivity index (χ3v) is 4.71. The minimum Gasteiger partial charge on any atom is -0.481 e. The van der Waals surface area contributed by atoms with Crippen molar-refractivity contribution in [2.75, 3.05) is 26.3 Å². The molecule has 0 aromatic heterocycles. The fourth-order valence-electron chi connectivity index (χ4n) is 3.18. The first-order chi connectivity index (χ1) is 9.99. The van der Waals surface area contributed by atoms with Crippen molar-refractivity contribution < 1.29 is 19.4 Å². The summed E-state index contributed by atoms with van der Waals surface area (Å²) in [5, 5.41) is 11.9. The maximum atomic E-state index is 12.3. The summed E-state index contributed by atoms with van der Waals surface area (Å²) in [5.74, 6) is -0.227. The zero-order valence-electron chi connectivity index (χ0n) is 12.9. The molecule has 0 bridgehead atoms. The Kier molecular flexibility index (Phi) is 5.45. The van der Waals surface area contributed by atoms with Crippen molar-refractivity contribution in [1.82, 2.24) is 10.2 Å². The van der Waals surface area contributed by atoms with E-state index in [0.29, 0.717) is 11.8 Å². The van der Waals surface area contributed by atoms with Crippen molar-refractivity contribution in [3.8, 4) is 0 Å². The average Bonchev–Trinajstić information content (AvgIpc) is 2.73. The summed E-state index contributed by atoms with van der Waals surface area (Å²) in [6.45, 7) is 6.42. The van der Waals surface area contributed by atoms with Crippen molar-refractivity contribution >= 4 is 12.0 Å². The summed E-state index contributed by atoms with van der Waals surface area (Å²) in [7, 11) is 0. The van der Waals surface area contributed by atoms with Crippen LogP contribution >= 0.6 is 0 Å². The molecule has 120 valence electrons. The molecule has 0 aliphatic carbocycles. The molecule has 21 heavy (non-hydrogen) atoms. The first-order valence-electron chi connectivity index (χ1n) is 7.85. The lowest BCUT2D eigenvalue weighted by molar-refractivity contribution is -0.142. The van der Waals surface area contributed by atoms with Gasteiger partial charge in [0.1, 0.15) is 5.92 Å². The van der Waals surface area contributed by atoms with E-state index < -0.39 is 17.9 Å². The van der Waals surface area contributed by atoms with E-state index in [1.165, 1.54) is 0 Å². The number of ether oxygens (including phenoxy) is 1. The van der Waals surface area contributed by atoms with Crippen LogP contribution in [0.3, 0.4) is 0 Å². The number of carboxylic acids is 1. The summed E-state index contributed by atoms with van der Waals surface area (Å²) >= 11 is 0. The fourth-order valence-corrected chi connectivity index (χ4v) is 3.18. The van der Waals surface area contributed by atoms with E-state index >= 15 is 0 Å². The van der Waals surface area contributed by atoms with Gasteiger partial charge in [-0.25, -0.2) is 4.79 Å². The molecule has 0 spiro atoms. The quantitative estimate of drug-likeness (QED) is 0.828. The number of carbonyl (C=O) groups excluding carboxylic acids is 1. The molecule has 2 fully saturated rings. The number of nitrogens with zero attached hydrogens (tertiary/aromatic N) is 1. The van der Waals surface area contributed by atoms with Gasteiger partial charge in [-0.1, -0.05) is 13.8 Å². The van der Waals surface area contributed by atoms with Crippen LogP contribution in [0.1, 0.15) is 33.1 Å². The second-order valence-electron chi connectivity index (χ2n) is 6.46. The SMILES string of the molecule is CC(C)C1CCCN(C(=O)NC2COCC2C(=O)O)CC1. The molecule has 0 aromatic carbocycles. The largest absolute Gasteiger partial charge is 0.481 e. The standard InChI is InChI=1S/C15H26N2O4/c1-10(2)11-4-3-6-17(7-5-11)15(20)16-13-9-21-8-12(13)14(18)19/h10-13H,3-9H2,1-2H3,(H,16,20)(H,18,19). The number of urea groups is 1. The molecular weight excluding hydrogens is 272 g/mol. The molecule has 2 aliphatic rings. The Morgan fingerprint density at radius 1 is 1.24 bits per heavy atom. The third kappa shape index (κ3) is 4.09. The van der Waals surface area contributed by atoms with Crippen LogP contribution in [0, 0.1) is 17.8 Å². The van der Waals surface area contributed by atoms with Gasteiger partial charge in [-0.15, -0.1) is 0 Å². The van der Waals surface area contributed by atoms with Gasteiger partial charge < -0.3 is 20.1 Å². The van der Waals surface area contributed by atoms with Crippen LogP contribution in [0.2, 0.25) is 0 Å². The Hall–Kier alpha value is -1.30. The number of aliphatic carboxylic acids is 1. The minimum atomic E-state index is -0.909. The predicted molar refractivity (Wildman–Crippen MR) is 78.0 cm³/mol. The molecule has 2 saturated heterocycles. The Bertz CT molecular complexity index is 386. The van der Waals surface area contributed by atoms with Crippen molar-refractivity contribution in [3.05, 3.63) is 0 Å². The Balaban J connectivity index is 1.87. The molecule has 2 heterocycles. The second kappa shape index (κ2) is 7.11. The molecule has 6 heteroatoms. The van der Waals surface area contributed by atoms with Gasteiger partial charge in [0.05, 0.1) is 19.3 Å². The number of nitrogens with one attached hydrogen (secondary N) is 1.